The first-order valence-electron chi connectivity index (χ1n) is 8.81. The number of aliphatic carboxylic acids is 1. The summed E-state index contributed by atoms with van der Waals surface area (Å²) in [6.45, 7) is 6.31. The Balaban J connectivity index is 1.75. The quantitative estimate of drug-likeness (QED) is 0.724. The van der Waals surface area contributed by atoms with Crippen LogP contribution in [0.5, 0.6) is 0 Å². The molecule has 1 aliphatic rings. The molecule has 3 heterocycles. The normalized spacial score (nSPS) is 17.8. The Morgan fingerprint density at radius 3 is 2.40 bits per heavy atom. The van der Waals surface area contributed by atoms with Crippen LogP contribution in [0.4, 0.5) is 0 Å². The van der Waals surface area contributed by atoms with E-state index in [1.807, 2.05) is 0 Å². The Bertz CT molecular complexity index is 717. The lowest BCUT2D eigenvalue weighted by Gasteiger charge is -2.22. The summed E-state index contributed by atoms with van der Waals surface area (Å²) >= 11 is 3.61. The molecule has 3 rings (SSSR count). The monoisotopic (exact) mass is 375 g/mol. The number of aryl methyl sites for hydroxylation is 2. The number of rotatable bonds is 7. The maximum Gasteiger partial charge on any atom is 0.304 e. The first kappa shape index (κ1) is 18.4. The number of carboxylic acids is 1. The molecule has 3 nitrogen and oxygen atoms in total. The van der Waals surface area contributed by atoms with Crippen molar-refractivity contribution in [2.24, 2.45) is 0 Å². The average Bonchev–Trinajstić information content (AvgIpc) is 3.27. The lowest BCUT2D eigenvalue weighted by atomic mass is 10.1. The van der Waals surface area contributed by atoms with Gasteiger partial charge in [-0.05, 0) is 73.7 Å². The molecule has 1 saturated heterocycles. The Kier molecular flexibility index (Phi) is 6.10. The molecule has 1 N–H and O–H groups in total. The highest BCUT2D eigenvalue weighted by molar-refractivity contribution is 7.14. The Hall–Kier alpha value is -1.43. The smallest absolute Gasteiger partial charge is 0.304 e. The fourth-order valence-corrected chi connectivity index (χ4v) is 5.60. The highest BCUT2D eigenvalue weighted by atomic mass is 32.1. The van der Waals surface area contributed by atoms with Crippen LogP contribution in [-0.4, -0.2) is 35.1 Å². The van der Waals surface area contributed by atoms with E-state index in [1.165, 1.54) is 26.5 Å². The second-order valence-corrected chi connectivity index (χ2v) is 8.53. The Morgan fingerprint density at radius 2 is 1.88 bits per heavy atom. The van der Waals surface area contributed by atoms with E-state index in [0.717, 1.165) is 32.4 Å². The van der Waals surface area contributed by atoms with E-state index in [2.05, 4.69) is 47.7 Å². The number of carbonyl (C=O) groups is 1. The number of hydrogen-bond acceptors (Lipinski definition) is 4. The third kappa shape index (κ3) is 4.40. The Labute approximate surface area is 157 Å². The summed E-state index contributed by atoms with van der Waals surface area (Å²) < 4.78 is 0. The minimum Gasteiger partial charge on any atom is -0.481 e. The SMILES string of the molecule is Cc1ccsc1C(=CCCN1CCC[C@@H]1CC(=O)O)c1sccc1C. The van der Waals surface area contributed by atoms with Crippen molar-refractivity contribution in [3.63, 3.8) is 0 Å². The molecule has 2 aromatic rings. The standard InChI is InChI=1S/C20H25NO2S2/c1-14-7-11-24-19(14)17(20-15(2)8-12-25-20)6-4-10-21-9-3-5-16(21)13-18(22)23/h6-8,11-12,16H,3-5,9-10,13H2,1-2H3,(H,22,23)/t16-/m1/s1. The molecule has 0 saturated carbocycles. The van der Waals surface area contributed by atoms with Gasteiger partial charge in [0.25, 0.3) is 0 Å². The zero-order valence-corrected chi connectivity index (χ0v) is 16.5. The molecule has 1 atom stereocenters. The largest absolute Gasteiger partial charge is 0.481 e. The van der Waals surface area contributed by atoms with Crippen molar-refractivity contribution >= 4 is 34.2 Å². The van der Waals surface area contributed by atoms with Gasteiger partial charge in [-0.3, -0.25) is 9.69 Å². The van der Waals surface area contributed by atoms with Crippen LogP contribution in [0.15, 0.2) is 29.0 Å². The molecule has 1 aliphatic heterocycles. The van der Waals surface area contributed by atoms with Crippen LogP contribution in [0.2, 0.25) is 0 Å². The number of carboxylic acid groups (broad SMARTS) is 1. The van der Waals surface area contributed by atoms with Crippen molar-refractivity contribution in [3.8, 4) is 0 Å². The van der Waals surface area contributed by atoms with Crippen molar-refractivity contribution in [3.05, 3.63) is 49.9 Å². The van der Waals surface area contributed by atoms with E-state index >= 15 is 0 Å². The zero-order chi connectivity index (χ0) is 17.8. The van der Waals surface area contributed by atoms with Crippen LogP contribution in [0.25, 0.3) is 5.57 Å². The highest BCUT2D eigenvalue weighted by Gasteiger charge is 2.25. The third-order valence-electron chi connectivity index (χ3n) is 4.89. The fourth-order valence-electron chi connectivity index (χ4n) is 3.58. The van der Waals surface area contributed by atoms with Gasteiger partial charge in [0.1, 0.15) is 0 Å². The zero-order valence-electron chi connectivity index (χ0n) is 14.8. The lowest BCUT2D eigenvalue weighted by molar-refractivity contribution is -0.138. The summed E-state index contributed by atoms with van der Waals surface area (Å²) in [6.07, 6.45) is 5.71. The summed E-state index contributed by atoms with van der Waals surface area (Å²) in [5.41, 5.74) is 4.00. The molecule has 5 heteroatoms. The van der Waals surface area contributed by atoms with Gasteiger partial charge in [-0.25, -0.2) is 0 Å². The molecule has 0 spiro atoms. The van der Waals surface area contributed by atoms with E-state index in [9.17, 15) is 4.79 Å². The predicted octanol–water partition coefficient (Wildman–Crippen LogP) is 5.19. The number of thiophene rings is 2. The third-order valence-corrected chi connectivity index (χ3v) is 6.99. The van der Waals surface area contributed by atoms with Gasteiger partial charge in [0.15, 0.2) is 0 Å². The summed E-state index contributed by atoms with van der Waals surface area (Å²) in [7, 11) is 0. The minimum atomic E-state index is -0.684. The molecule has 0 radical (unpaired) electrons. The maximum absolute atomic E-state index is 11.0. The predicted molar refractivity (Wildman–Crippen MR) is 107 cm³/mol. The van der Waals surface area contributed by atoms with Crippen molar-refractivity contribution < 1.29 is 9.90 Å². The molecule has 0 unspecified atom stereocenters. The van der Waals surface area contributed by atoms with E-state index in [4.69, 9.17) is 5.11 Å². The molecule has 0 aliphatic carbocycles. The molecule has 2 aromatic heterocycles. The lowest BCUT2D eigenvalue weighted by Crippen LogP contribution is -2.32. The molecule has 0 aromatic carbocycles. The minimum absolute atomic E-state index is 0.210. The van der Waals surface area contributed by atoms with Gasteiger partial charge in [0, 0.05) is 27.9 Å². The van der Waals surface area contributed by atoms with Crippen LogP contribution >= 0.6 is 22.7 Å². The molecule has 0 bridgehead atoms. The van der Waals surface area contributed by atoms with Crippen molar-refractivity contribution in [2.75, 3.05) is 13.1 Å². The van der Waals surface area contributed by atoms with E-state index in [0.29, 0.717) is 0 Å². The average molecular weight is 376 g/mol. The molecule has 25 heavy (non-hydrogen) atoms. The second-order valence-electron chi connectivity index (χ2n) is 6.70. The van der Waals surface area contributed by atoms with Crippen LogP contribution in [-0.2, 0) is 4.79 Å². The van der Waals surface area contributed by atoms with E-state index in [-0.39, 0.29) is 12.5 Å². The van der Waals surface area contributed by atoms with Crippen molar-refractivity contribution in [2.45, 2.75) is 45.6 Å². The van der Waals surface area contributed by atoms with Gasteiger partial charge in [0.2, 0.25) is 0 Å². The van der Waals surface area contributed by atoms with Crippen molar-refractivity contribution in [1.29, 1.82) is 0 Å². The first-order valence-corrected chi connectivity index (χ1v) is 10.6. The van der Waals surface area contributed by atoms with Gasteiger partial charge >= 0.3 is 5.97 Å². The van der Waals surface area contributed by atoms with Gasteiger partial charge in [-0.1, -0.05) is 6.08 Å². The number of hydrogen-bond donors (Lipinski definition) is 1. The van der Waals surface area contributed by atoms with Gasteiger partial charge in [-0.15, -0.1) is 22.7 Å². The van der Waals surface area contributed by atoms with Crippen LogP contribution < -0.4 is 0 Å². The second kappa shape index (κ2) is 8.30. The molecular formula is C20H25NO2S2. The maximum atomic E-state index is 11.0. The van der Waals surface area contributed by atoms with Crippen LogP contribution in [0.1, 0.15) is 46.6 Å². The number of nitrogens with zero attached hydrogens (tertiary/aromatic N) is 1. The summed E-state index contributed by atoms with van der Waals surface area (Å²) in [6, 6.07) is 4.57. The Morgan fingerprint density at radius 1 is 1.24 bits per heavy atom. The fraction of sp³-hybridized carbons (Fsp3) is 0.450. The van der Waals surface area contributed by atoms with Gasteiger partial charge in [-0.2, -0.15) is 0 Å². The molecular weight excluding hydrogens is 350 g/mol. The molecule has 1 fully saturated rings. The summed E-state index contributed by atoms with van der Waals surface area (Å²) in [5.74, 6) is -0.684. The van der Waals surface area contributed by atoms with Gasteiger partial charge in [0.05, 0.1) is 6.42 Å². The van der Waals surface area contributed by atoms with Gasteiger partial charge < -0.3 is 5.11 Å². The van der Waals surface area contributed by atoms with Crippen LogP contribution in [0.3, 0.4) is 0 Å². The summed E-state index contributed by atoms with van der Waals surface area (Å²) in [4.78, 5) is 16.1. The van der Waals surface area contributed by atoms with Crippen LogP contribution in [0, 0.1) is 13.8 Å². The van der Waals surface area contributed by atoms with Crippen molar-refractivity contribution in [1.82, 2.24) is 4.90 Å². The van der Waals surface area contributed by atoms with E-state index < -0.39 is 5.97 Å². The highest BCUT2D eigenvalue weighted by Crippen LogP contribution is 2.35. The first-order chi connectivity index (χ1) is 12.1. The number of likely N-dealkylation sites (tertiary alicyclic amines) is 1. The topological polar surface area (TPSA) is 40.5 Å². The molecule has 134 valence electrons. The summed E-state index contributed by atoms with van der Waals surface area (Å²) in [5, 5.41) is 13.4. The molecule has 0 amide bonds. The van der Waals surface area contributed by atoms with E-state index in [1.54, 1.807) is 22.7 Å².